The number of hydrogen-bond donors (Lipinski definition) is 1. The molecule has 0 aliphatic carbocycles. The highest BCUT2D eigenvalue weighted by molar-refractivity contribution is 5.98. The quantitative estimate of drug-likeness (QED) is 0.517. The lowest BCUT2D eigenvalue weighted by Crippen LogP contribution is -2.48. The number of halogens is 6. The van der Waals surface area contributed by atoms with Gasteiger partial charge in [0.05, 0.1) is 11.1 Å². The molecule has 3 aromatic rings. The molecule has 1 amide bonds. The summed E-state index contributed by atoms with van der Waals surface area (Å²) in [6, 6.07) is 8.94. The van der Waals surface area contributed by atoms with Crippen LogP contribution in [-0.4, -0.2) is 46.9 Å². The first-order valence-electron chi connectivity index (χ1n) is 10.3. The lowest BCUT2D eigenvalue weighted by atomic mass is 10.0. The molecular formula is C23H21F6N3O. The first-order chi connectivity index (χ1) is 15.4. The zero-order valence-corrected chi connectivity index (χ0v) is 17.6. The minimum atomic E-state index is -4.47. The summed E-state index contributed by atoms with van der Waals surface area (Å²) < 4.78 is 78.2. The van der Waals surface area contributed by atoms with Crippen molar-refractivity contribution in [3.63, 3.8) is 0 Å². The normalized spacial score (nSPS) is 15.9. The van der Waals surface area contributed by atoms with Crippen molar-refractivity contribution >= 4 is 16.8 Å². The minimum Gasteiger partial charge on any atom is -0.351 e. The van der Waals surface area contributed by atoms with Gasteiger partial charge in [-0.05, 0) is 48.4 Å². The molecule has 4 nitrogen and oxygen atoms in total. The Morgan fingerprint density at radius 2 is 1.61 bits per heavy atom. The molecule has 1 fully saturated rings. The second-order valence-corrected chi connectivity index (χ2v) is 8.20. The Balaban J connectivity index is 1.40. The first-order valence-corrected chi connectivity index (χ1v) is 10.3. The molecule has 4 rings (SSSR count). The van der Waals surface area contributed by atoms with Gasteiger partial charge in [0.2, 0.25) is 0 Å². The smallest absolute Gasteiger partial charge is 0.351 e. The zero-order valence-electron chi connectivity index (χ0n) is 17.6. The lowest BCUT2D eigenvalue weighted by molar-refractivity contribution is -0.138. The summed E-state index contributed by atoms with van der Waals surface area (Å²) in [5.41, 5.74) is -0.0881. The molecule has 0 spiro atoms. The number of aromatic nitrogens is 1. The van der Waals surface area contributed by atoms with Gasteiger partial charge in [-0.25, -0.2) is 0 Å². The predicted octanol–water partition coefficient (Wildman–Crippen LogP) is 5.47. The van der Waals surface area contributed by atoms with Crippen molar-refractivity contribution in [1.82, 2.24) is 14.8 Å². The highest BCUT2D eigenvalue weighted by Crippen LogP contribution is 2.33. The third-order valence-corrected chi connectivity index (χ3v) is 5.85. The van der Waals surface area contributed by atoms with Gasteiger partial charge in [-0.3, -0.25) is 9.69 Å². The molecule has 0 atom stereocenters. The molecule has 2 heterocycles. The van der Waals surface area contributed by atoms with E-state index in [2.05, 4.69) is 4.98 Å². The van der Waals surface area contributed by atoms with Crippen LogP contribution >= 0.6 is 0 Å². The van der Waals surface area contributed by atoms with Gasteiger partial charge < -0.3 is 9.88 Å². The van der Waals surface area contributed by atoms with Crippen molar-refractivity contribution in [2.45, 2.75) is 25.8 Å². The highest BCUT2D eigenvalue weighted by Gasteiger charge is 2.33. The van der Waals surface area contributed by atoms with Crippen LogP contribution in [0, 0.1) is 6.92 Å². The van der Waals surface area contributed by atoms with E-state index in [1.807, 2.05) is 4.90 Å². The highest BCUT2D eigenvalue weighted by atomic mass is 19.4. The van der Waals surface area contributed by atoms with Gasteiger partial charge in [-0.15, -0.1) is 0 Å². The molecule has 1 N–H and O–H groups in total. The van der Waals surface area contributed by atoms with Crippen LogP contribution in [0.25, 0.3) is 10.9 Å². The molecule has 1 aromatic heterocycles. The summed E-state index contributed by atoms with van der Waals surface area (Å²) in [7, 11) is 0. The lowest BCUT2D eigenvalue weighted by Gasteiger charge is -2.34. The van der Waals surface area contributed by atoms with Crippen molar-refractivity contribution in [2.24, 2.45) is 0 Å². The van der Waals surface area contributed by atoms with Crippen LogP contribution in [0.4, 0.5) is 26.3 Å². The van der Waals surface area contributed by atoms with Gasteiger partial charge in [-0.2, -0.15) is 26.3 Å². The van der Waals surface area contributed by atoms with Gasteiger partial charge in [0, 0.05) is 43.6 Å². The number of amides is 1. The van der Waals surface area contributed by atoms with E-state index in [-0.39, 0.29) is 17.2 Å². The Kier molecular flexibility index (Phi) is 5.90. The molecule has 0 unspecified atom stereocenters. The predicted molar refractivity (Wildman–Crippen MR) is 111 cm³/mol. The largest absolute Gasteiger partial charge is 0.416 e. The van der Waals surface area contributed by atoms with Gasteiger partial charge in [0.15, 0.2) is 0 Å². The van der Waals surface area contributed by atoms with E-state index in [1.165, 1.54) is 25.1 Å². The number of rotatable bonds is 3. The summed E-state index contributed by atoms with van der Waals surface area (Å²) >= 11 is 0. The molecule has 2 aromatic carbocycles. The fourth-order valence-corrected chi connectivity index (χ4v) is 4.03. The maximum Gasteiger partial charge on any atom is 0.416 e. The number of carbonyl (C=O) groups is 1. The number of aromatic amines is 1. The van der Waals surface area contributed by atoms with Crippen molar-refractivity contribution in [3.8, 4) is 0 Å². The number of alkyl halides is 6. The second kappa shape index (κ2) is 8.40. The average molecular weight is 469 g/mol. The van der Waals surface area contributed by atoms with Gasteiger partial charge in [0.1, 0.15) is 5.69 Å². The fourth-order valence-electron chi connectivity index (χ4n) is 4.03. The van der Waals surface area contributed by atoms with E-state index in [1.54, 1.807) is 11.0 Å². The minimum absolute atomic E-state index is 0.169. The molecule has 33 heavy (non-hydrogen) atoms. The Bertz CT molecular complexity index is 1170. The summed E-state index contributed by atoms with van der Waals surface area (Å²) in [6.45, 7) is 3.42. The average Bonchev–Trinajstić information content (AvgIpc) is 3.17. The van der Waals surface area contributed by atoms with Crippen LogP contribution in [0.1, 0.15) is 32.7 Å². The Hall–Kier alpha value is -3.01. The van der Waals surface area contributed by atoms with E-state index < -0.39 is 23.5 Å². The van der Waals surface area contributed by atoms with E-state index in [0.717, 1.165) is 18.2 Å². The van der Waals surface area contributed by atoms with Crippen LogP contribution in [0.3, 0.4) is 0 Å². The topological polar surface area (TPSA) is 39.3 Å². The van der Waals surface area contributed by atoms with Crippen LogP contribution < -0.4 is 0 Å². The van der Waals surface area contributed by atoms with Gasteiger partial charge in [0.25, 0.3) is 5.91 Å². The molecule has 1 aliphatic rings. The van der Waals surface area contributed by atoms with Crippen LogP contribution in [0.5, 0.6) is 0 Å². The number of benzene rings is 2. The maximum atomic E-state index is 13.1. The third kappa shape index (κ3) is 5.00. The summed E-state index contributed by atoms with van der Waals surface area (Å²) in [5.74, 6) is -0.325. The summed E-state index contributed by atoms with van der Waals surface area (Å²) in [5, 5.41) is 0.298. The van der Waals surface area contributed by atoms with Crippen LogP contribution in [-0.2, 0) is 18.9 Å². The monoisotopic (exact) mass is 469 g/mol. The number of carbonyl (C=O) groups excluding carboxylic acids is 1. The number of nitrogens with one attached hydrogen (secondary N) is 1. The third-order valence-electron chi connectivity index (χ3n) is 5.85. The van der Waals surface area contributed by atoms with E-state index in [9.17, 15) is 31.1 Å². The summed E-state index contributed by atoms with van der Waals surface area (Å²) in [4.78, 5) is 19.3. The molecule has 0 saturated carbocycles. The van der Waals surface area contributed by atoms with Crippen molar-refractivity contribution in [1.29, 1.82) is 0 Å². The van der Waals surface area contributed by atoms with E-state index in [0.29, 0.717) is 49.2 Å². The number of piperazine rings is 1. The fraction of sp³-hybridized carbons (Fsp3) is 0.348. The standard InChI is InChI=1S/C23H21F6N3O/c1-14-2-3-15(10-18(14)23(27,28)29)13-31-6-8-32(9-7-31)21(33)20-12-16-11-17(22(24,25)26)4-5-19(16)30-20/h2-5,10-12,30H,6-9,13H2,1H3. The Morgan fingerprint density at radius 3 is 2.24 bits per heavy atom. The van der Waals surface area contributed by atoms with Crippen molar-refractivity contribution in [2.75, 3.05) is 26.2 Å². The number of nitrogens with zero attached hydrogens (tertiary/aromatic N) is 2. The maximum absolute atomic E-state index is 13.1. The second-order valence-electron chi connectivity index (χ2n) is 8.20. The Morgan fingerprint density at radius 1 is 0.909 bits per heavy atom. The number of H-pyrrole nitrogens is 1. The number of fused-ring (bicyclic) bond motifs is 1. The SMILES string of the molecule is Cc1ccc(CN2CCN(C(=O)c3cc4cc(C(F)(F)F)ccc4[nH]3)CC2)cc1C(F)(F)F. The van der Waals surface area contributed by atoms with Crippen LogP contribution in [0.15, 0.2) is 42.5 Å². The summed E-state index contributed by atoms with van der Waals surface area (Å²) in [6.07, 6.45) is -8.88. The van der Waals surface area contributed by atoms with E-state index >= 15 is 0 Å². The molecule has 0 bridgehead atoms. The van der Waals surface area contributed by atoms with Crippen molar-refractivity contribution < 1.29 is 31.1 Å². The number of hydrogen-bond acceptors (Lipinski definition) is 2. The van der Waals surface area contributed by atoms with E-state index in [4.69, 9.17) is 0 Å². The van der Waals surface area contributed by atoms with Crippen LogP contribution in [0.2, 0.25) is 0 Å². The molecule has 176 valence electrons. The van der Waals surface area contributed by atoms with Gasteiger partial charge >= 0.3 is 12.4 Å². The zero-order chi connectivity index (χ0) is 24.0. The van der Waals surface area contributed by atoms with Gasteiger partial charge in [-0.1, -0.05) is 12.1 Å². The molecule has 0 radical (unpaired) electrons. The molecular weight excluding hydrogens is 448 g/mol. The Labute approximate surface area is 185 Å². The number of aryl methyl sites for hydroxylation is 1. The molecule has 1 saturated heterocycles. The first kappa shape index (κ1) is 23.2. The molecule has 1 aliphatic heterocycles. The van der Waals surface area contributed by atoms with Crippen molar-refractivity contribution in [3.05, 3.63) is 70.4 Å². The molecule has 10 heteroatoms.